The first-order valence-corrected chi connectivity index (χ1v) is 8.33. The van der Waals surface area contributed by atoms with Crippen LogP contribution in [0.15, 0.2) is 24.3 Å². The molecule has 1 aliphatic heterocycles. The molecule has 2 N–H and O–H groups in total. The largest absolute Gasteiger partial charge is 0.323 e. The molecule has 2 heteroatoms. The molecule has 0 saturated carbocycles. The summed E-state index contributed by atoms with van der Waals surface area (Å²) >= 11 is 0. The summed E-state index contributed by atoms with van der Waals surface area (Å²) in [5.74, 6) is 0. The van der Waals surface area contributed by atoms with E-state index in [1.54, 1.807) is 0 Å². The Morgan fingerprint density at radius 1 is 1.15 bits per heavy atom. The van der Waals surface area contributed by atoms with Crippen LogP contribution in [0.1, 0.15) is 63.1 Å². The van der Waals surface area contributed by atoms with Gasteiger partial charge in [0.15, 0.2) is 0 Å². The van der Waals surface area contributed by atoms with Gasteiger partial charge in [-0.3, -0.25) is 4.90 Å². The minimum absolute atomic E-state index is 0.146. The number of likely N-dealkylation sites (tertiary alicyclic amines) is 1. The predicted octanol–water partition coefficient (Wildman–Crippen LogP) is 3.90. The first kappa shape index (κ1) is 15.5. The molecule has 0 radical (unpaired) electrons. The van der Waals surface area contributed by atoms with Gasteiger partial charge in [-0.05, 0) is 43.4 Å². The number of nitrogens with two attached hydrogens (primary N) is 1. The lowest BCUT2D eigenvalue weighted by Crippen LogP contribution is -2.39. The van der Waals surface area contributed by atoms with Crippen LogP contribution in [0.4, 0.5) is 0 Å². The van der Waals surface area contributed by atoms with Gasteiger partial charge in [0, 0.05) is 18.6 Å². The predicted molar refractivity (Wildman–Crippen MR) is 86.9 cm³/mol. The van der Waals surface area contributed by atoms with Crippen molar-refractivity contribution in [3.8, 4) is 0 Å². The number of rotatable bonds is 5. The molecule has 112 valence electrons. The fraction of sp³-hybridized carbons (Fsp3) is 0.667. The van der Waals surface area contributed by atoms with Crippen molar-refractivity contribution in [1.82, 2.24) is 4.90 Å². The monoisotopic (exact) mass is 274 g/mol. The van der Waals surface area contributed by atoms with E-state index in [-0.39, 0.29) is 6.04 Å². The summed E-state index contributed by atoms with van der Waals surface area (Å²) in [6, 6.07) is 9.74. The lowest BCUT2D eigenvalue weighted by Gasteiger charge is -2.31. The molecule has 0 aliphatic carbocycles. The molecule has 0 amide bonds. The van der Waals surface area contributed by atoms with Gasteiger partial charge in [0.25, 0.3) is 0 Å². The highest BCUT2D eigenvalue weighted by atomic mass is 15.2. The van der Waals surface area contributed by atoms with Crippen molar-refractivity contribution in [2.75, 3.05) is 13.1 Å². The van der Waals surface area contributed by atoms with E-state index < -0.39 is 0 Å². The van der Waals surface area contributed by atoms with Crippen molar-refractivity contribution < 1.29 is 0 Å². The molecule has 0 aromatic heterocycles. The second-order valence-electron chi connectivity index (χ2n) is 6.11. The van der Waals surface area contributed by atoms with Gasteiger partial charge in [-0.15, -0.1) is 0 Å². The Balaban J connectivity index is 1.98. The molecular formula is C18H30N2. The Morgan fingerprint density at radius 2 is 1.90 bits per heavy atom. The molecule has 1 heterocycles. The van der Waals surface area contributed by atoms with Crippen molar-refractivity contribution in [3.05, 3.63) is 35.4 Å². The molecule has 0 spiro atoms. The van der Waals surface area contributed by atoms with Crippen molar-refractivity contribution in [3.63, 3.8) is 0 Å². The topological polar surface area (TPSA) is 29.3 Å². The second-order valence-corrected chi connectivity index (χ2v) is 6.11. The molecule has 0 bridgehead atoms. The average molecular weight is 274 g/mol. The minimum atomic E-state index is 0.146. The third-order valence-electron chi connectivity index (χ3n) is 4.72. The van der Waals surface area contributed by atoms with Crippen molar-refractivity contribution >= 4 is 0 Å². The maximum Gasteiger partial charge on any atom is 0.0424 e. The molecule has 1 saturated heterocycles. The van der Waals surface area contributed by atoms with Crippen LogP contribution in [0.5, 0.6) is 0 Å². The van der Waals surface area contributed by atoms with Gasteiger partial charge in [0.2, 0.25) is 0 Å². The minimum Gasteiger partial charge on any atom is -0.323 e. The molecule has 1 aromatic rings. The summed E-state index contributed by atoms with van der Waals surface area (Å²) in [5, 5.41) is 0. The van der Waals surface area contributed by atoms with Gasteiger partial charge in [-0.1, -0.05) is 51.0 Å². The summed E-state index contributed by atoms with van der Waals surface area (Å²) in [7, 11) is 0. The number of aryl methyl sites for hydroxylation is 1. The number of nitrogens with zero attached hydrogens (tertiary/aromatic N) is 1. The van der Waals surface area contributed by atoms with Gasteiger partial charge < -0.3 is 5.73 Å². The Morgan fingerprint density at radius 3 is 2.55 bits per heavy atom. The van der Waals surface area contributed by atoms with Crippen LogP contribution in [0.3, 0.4) is 0 Å². The van der Waals surface area contributed by atoms with Gasteiger partial charge in [-0.25, -0.2) is 0 Å². The maximum atomic E-state index is 6.44. The van der Waals surface area contributed by atoms with Crippen molar-refractivity contribution in [2.45, 2.75) is 64.5 Å². The second kappa shape index (κ2) is 7.80. The fourth-order valence-electron chi connectivity index (χ4n) is 3.30. The zero-order valence-electron chi connectivity index (χ0n) is 13.1. The van der Waals surface area contributed by atoms with Crippen LogP contribution in [0.2, 0.25) is 0 Å². The quantitative estimate of drug-likeness (QED) is 0.882. The molecule has 1 aromatic carbocycles. The van der Waals surface area contributed by atoms with E-state index in [1.807, 2.05) is 0 Å². The summed E-state index contributed by atoms with van der Waals surface area (Å²) in [4.78, 5) is 2.63. The van der Waals surface area contributed by atoms with Crippen LogP contribution >= 0.6 is 0 Å². The average Bonchev–Trinajstić information content (AvgIpc) is 2.72. The van der Waals surface area contributed by atoms with Gasteiger partial charge in [0.05, 0.1) is 0 Å². The van der Waals surface area contributed by atoms with Crippen molar-refractivity contribution in [2.24, 2.45) is 5.73 Å². The molecular weight excluding hydrogens is 244 g/mol. The molecule has 2 nitrogen and oxygen atoms in total. The van der Waals surface area contributed by atoms with E-state index >= 15 is 0 Å². The third-order valence-corrected chi connectivity index (χ3v) is 4.72. The van der Waals surface area contributed by atoms with Crippen molar-refractivity contribution in [1.29, 1.82) is 0 Å². The van der Waals surface area contributed by atoms with Gasteiger partial charge in [0.1, 0.15) is 0 Å². The molecule has 2 rings (SSSR count). The molecule has 1 aliphatic rings. The number of hydrogen-bond donors (Lipinski definition) is 1. The number of hydrogen-bond acceptors (Lipinski definition) is 2. The fourth-order valence-corrected chi connectivity index (χ4v) is 3.30. The standard InChI is InChI=1S/C18H30N2/c1-3-15-9-11-16(12-10-15)18(19)14-20-13-7-5-6-8-17(20)4-2/h9-12,17-18H,3-8,13-14,19H2,1-2H3. The highest BCUT2D eigenvalue weighted by Crippen LogP contribution is 2.22. The normalized spacial score (nSPS) is 22.4. The molecule has 1 fully saturated rings. The van der Waals surface area contributed by atoms with E-state index in [2.05, 4.69) is 43.0 Å². The Kier molecular flexibility index (Phi) is 6.06. The third kappa shape index (κ3) is 4.07. The molecule has 20 heavy (non-hydrogen) atoms. The first-order valence-electron chi connectivity index (χ1n) is 8.33. The molecule has 2 unspecified atom stereocenters. The highest BCUT2D eigenvalue weighted by Gasteiger charge is 2.21. The number of benzene rings is 1. The summed E-state index contributed by atoms with van der Waals surface area (Å²) in [6.07, 6.45) is 7.79. The summed E-state index contributed by atoms with van der Waals surface area (Å²) < 4.78 is 0. The summed E-state index contributed by atoms with van der Waals surface area (Å²) in [6.45, 7) is 6.73. The van der Waals surface area contributed by atoms with E-state index in [0.29, 0.717) is 0 Å². The van der Waals surface area contributed by atoms with Crippen LogP contribution in [0.25, 0.3) is 0 Å². The maximum absolute atomic E-state index is 6.44. The lowest BCUT2D eigenvalue weighted by molar-refractivity contribution is 0.183. The van der Waals surface area contributed by atoms with Gasteiger partial charge in [-0.2, -0.15) is 0 Å². The van der Waals surface area contributed by atoms with Crippen LogP contribution in [-0.4, -0.2) is 24.0 Å². The smallest absolute Gasteiger partial charge is 0.0424 e. The van der Waals surface area contributed by atoms with E-state index in [0.717, 1.165) is 19.0 Å². The zero-order valence-corrected chi connectivity index (χ0v) is 13.1. The van der Waals surface area contributed by atoms with Crippen LogP contribution < -0.4 is 5.73 Å². The summed E-state index contributed by atoms with van der Waals surface area (Å²) in [5.41, 5.74) is 9.11. The lowest BCUT2D eigenvalue weighted by atomic mass is 10.0. The van der Waals surface area contributed by atoms with Crippen LogP contribution in [0, 0.1) is 0 Å². The highest BCUT2D eigenvalue weighted by molar-refractivity contribution is 5.25. The molecule has 2 atom stereocenters. The van der Waals surface area contributed by atoms with E-state index in [9.17, 15) is 0 Å². The van der Waals surface area contributed by atoms with E-state index in [4.69, 9.17) is 5.73 Å². The van der Waals surface area contributed by atoms with Gasteiger partial charge >= 0.3 is 0 Å². The van der Waals surface area contributed by atoms with E-state index in [1.165, 1.54) is 49.8 Å². The first-order chi connectivity index (χ1) is 9.74. The zero-order chi connectivity index (χ0) is 14.4. The SMILES string of the molecule is CCc1ccc(C(N)CN2CCCCCC2CC)cc1. The Bertz CT molecular complexity index is 385. The Hall–Kier alpha value is -0.860. The Labute approximate surface area is 124 Å². The van der Waals surface area contributed by atoms with Crippen LogP contribution in [-0.2, 0) is 6.42 Å².